The molecule has 0 saturated carbocycles. The van der Waals surface area contributed by atoms with Crippen molar-refractivity contribution < 1.29 is 29.0 Å². The van der Waals surface area contributed by atoms with E-state index in [0.717, 1.165) is 21.1 Å². The van der Waals surface area contributed by atoms with Gasteiger partial charge in [-0.15, -0.1) is 22.7 Å². The Morgan fingerprint density at radius 1 is 1.02 bits per heavy atom. The Bertz CT molecular complexity index is 1350. The van der Waals surface area contributed by atoms with Crippen molar-refractivity contribution in [2.24, 2.45) is 0 Å². The number of nitrogens with zero attached hydrogens (tertiary/aromatic N) is 3. The molecule has 3 rings (SSSR count). The minimum absolute atomic E-state index is 0.121. The fraction of sp³-hybridized carbons (Fsp3) is 0.467. The van der Waals surface area contributed by atoms with Crippen molar-refractivity contribution in [3.8, 4) is 0 Å². The summed E-state index contributed by atoms with van der Waals surface area (Å²) in [4.78, 5) is 60.7. The number of urea groups is 1. The monoisotopic (exact) mass is 644 g/mol. The molecule has 1 aromatic carbocycles. The van der Waals surface area contributed by atoms with Crippen LogP contribution in [0.2, 0.25) is 0 Å². The third kappa shape index (κ3) is 11.9. The number of rotatable bonds is 16. The molecule has 2 aromatic heterocycles. The molecule has 0 aliphatic rings. The van der Waals surface area contributed by atoms with Crippen LogP contribution in [0.5, 0.6) is 0 Å². The first-order valence-electron chi connectivity index (χ1n) is 14.3. The second-order valence-corrected chi connectivity index (χ2v) is 12.7. The number of carbonyl (C=O) groups is 4. The molecule has 0 spiro atoms. The summed E-state index contributed by atoms with van der Waals surface area (Å²) in [5, 5.41) is 20.5. The van der Waals surface area contributed by atoms with Crippen LogP contribution in [-0.4, -0.2) is 69.1 Å². The van der Waals surface area contributed by atoms with Crippen LogP contribution in [0.3, 0.4) is 0 Å². The van der Waals surface area contributed by atoms with Crippen molar-refractivity contribution in [2.75, 3.05) is 7.05 Å². The third-order valence-electron chi connectivity index (χ3n) is 6.61. The van der Waals surface area contributed by atoms with Crippen LogP contribution < -0.4 is 16.0 Å². The van der Waals surface area contributed by atoms with E-state index in [1.807, 2.05) is 49.6 Å². The quantitative estimate of drug-likeness (QED) is 0.177. The predicted molar refractivity (Wildman–Crippen MR) is 168 cm³/mol. The molecule has 0 aliphatic carbocycles. The summed E-state index contributed by atoms with van der Waals surface area (Å²) in [6, 6.07) is 7.19. The lowest BCUT2D eigenvalue weighted by atomic mass is 9.99. The van der Waals surface area contributed by atoms with E-state index in [1.165, 1.54) is 27.6 Å². The molecule has 4 amide bonds. The molecule has 0 saturated heterocycles. The smallest absolute Gasteiger partial charge is 0.407 e. The van der Waals surface area contributed by atoms with E-state index >= 15 is 0 Å². The number of aliphatic carboxylic acids is 1. The van der Waals surface area contributed by atoms with Gasteiger partial charge in [0, 0.05) is 36.6 Å². The van der Waals surface area contributed by atoms with Gasteiger partial charge in [-0.25, -0.2) is 14.6 Å². The lowest BCUT2D eigenvalue weighted by Crippen LogP contribution is -2.52. The second-order valence-electron chi connectivity index (χ2n) is 10.8. The predicted octanol–water partition coefficient (Wildman–Crippen LogP) is 4.53. The van der Waals surface area contributed by atoms with Gasteiger partial charge < -0.3 is 30.7 Å². The fourth-order valence-electron chi connectivity index (χ4n) is 4.27. The normalized spacial score (nSPS) is 13.0. The maximum Gasteiger partial charge on any atom is 0.407 e. The molecular weight excluding hydrogens is 605 g/mol. The van der Waals surface area contributed by atoms with Gasteiger partial charge >= 0.3 is 18.1 Å². The van der Waals surface area contributed by atoms with Gasteiger partial charge in [0.15, 0.2) is 0 Å². The molecule has 3 aromatic rings. The summed E-state index contributed by atoms with van der Waals surface area (Å²) in [7, 11) is 1.56. The Kier molecular flexibility index (Phi) is 13.5. The number of carboxylic acids is 1. The van der Waals surface area contributed by atoms with Crippen molar-refractivity contribution in [1.82, 2.24) is 30.8 Å². The molecule has 0 bridgehead atoms. The average molecular weight is 645 g/mol. The van der Waals surface area contributed by atoms with Crippen LogP contribution in [0.25, 0.3) is 0 Å². The van der Waals surface area contributed by atoms with E-state index in [9.17, 15) is 24.3 Å². The van der Waals surface area contributed by atoms with Crippen molar-refractivity contribution in [3.05, 3.63) is 68.6 Å². The molecule has 14 heteroatoms. The van der Waals surface area contributed by atoms with Crippen LogP contribution >= 0.6 is 22.7 Å². The van der Waals surface area contributed by atoms with Crippen LogP contribution in [0.1, 0.15) is 67.1 Å². The van der Waals surface area contributed by atoms with E-state index < -0.39 is 36.5 Å². The summed E-state index contributed by atoms with van der Waals surface area (Å²) in [5.41, 5.74) is 3.42. The highest BCUT2D eigenvalue weighted by molar-refractivity contribution is 7.09. The number of benzene rings is 1. The zero-order valence-corrected chi connectivity index (χ0v) is 27.0. The number of hydrogen-bond donors (Lipinski definition) is 4. The first-order chi connectivity index (χ1) is 21.0. The molecule has 0 aliphatic heterocycles. The van der Waals surface area contributed by atoms with Crippen molar-refractivity contribution in [2.45, 2.75) is 83.6 Å². The van der Waals surface area contributed by atoms with Gasteiger partial charge in [-0.2, -0.15) is 0 Å². The summed E-state index contributed by atoms with van der Waals surface area (Å²) in [6.07, 6.45) is 2.06. The standard InChI is InChI=1S/C30H40N6O6S2/c1-19(2)28-33-23(17-43-28)15-36(4)29(40)35-25(13-26(37)38)27(39)32-20(3)10-11-22(12-21-8-6-5-7-9-21)34-30(41)42-16-24-14-31-18-44-24/h5-9,14,17-20,22,25H,10-13,15-16H2,1-4H3,(H,32,39)(H,34,41)(H,35,40)(H,37,38)/t20-,22+,25-/m0/s1. The Morgan fingerprint density at radius 2 is 1.77 bits per heavy atom. The maximum atomic E-state index is 13.1. The molecular formula is C30H40N6O6S2. The molecule has 12 nitrogen and oxygen atoms in total. The largest absolute Gasteiger partial charge is 0.481 e. The van der Waals surface area contributed by atoms with Gasteiger partial charge in [0.2, 0.25) is 5.91 Å². The zero-order chi connectivity index (χ0) is 32.1. The Hall–Kier alpha value is -4.04. The number of ether oxygens (including phenoxy) is 1. The lowest BCUT2D eigenvalue weighted by molar-refractivity contribution is -0.139. The molecule has 0 radical (unpaired) electrons. The number of carbonyl (C=O) groups excluding carboxylic acids is 3. The number of alkyl carbamates (subject to hydrolysis) is 1. The summed E-state index contributed by atoms with van der Waals surface area (Å²) < 4.78 is 5.35. The summed E-state index contributed by atoms with van der Waals surface area (Å²) in [6.45, 7) is 6.20. The molecule has 2 heterocycles. The average Bonchev–Trinajstić information content (AvgIpc) is 3.67. The number of hydrogen-bond acceptors (Lipinski definition) is 9. The Morgan fingerprint density at radius 3 is 2.41 bits per heavy atom. The first kappa shape index (κ1) is 34.5. The molecule has 4 N–H and O–H groups in total. The first-order valence-corrected chi connectivity index (χ1v) is 16.1. The molecule has 0 unspecified atom stereocenters. The summed E-state index contributed by atoms with van der Waals surface area (Å²) >= 11 is 2.91. The number of aromatic nitrogens is 2. The van der Waals surface area contributed by atoms with E-state index in [0.29, 0.717) is 19.3 Å². The SMILES string of the molecule is CC(C)c1nc(CN(C)C(=O)N[C@@H](CC(=O)O)C(=O)N[C@@H](C)CC[C@H](Cc2ccccc2)NC(=O)OCc2cncs2)cs1. The highest BCUT2D eigenvalue weighted by Gasteiger charge is 2.27. The molecule has 238 valence electrons. The van der Waals surface area contributed by atoms with Gasteiger partial charge in [-0.1, -0.05) is 44.2 Å². The van der Waals surface area contributed by atoms with Gasteiger partial charge in [0.25, 0.3) is 0 Å². The van der Waals surface area contributed by atoms with Crippen LogP contribution in [0, 0.1) is 0 Å². The van der Waals surface area contributed by atoms with Crippen molar-refractivity contribution in [1.29, 1.82) is 0 Å². The van der Waals surface area contributed by atoms with Gasteiger partial charge in [-0.05, 0) is 31.7 Å². The second kappa shape index (κ2) is 17.3. The minimum atomic E-state index is -1.27. The van der Waals surface area contributed by atoms with Crippen molar-refractivity contribution in [3.63, 3.8) is 0 Å². The third-order valence-corrected chi connectivity index (χ3v) is 8.56. The van der Waals surface area contributed by atoms with Gasteiger partial charge in [0.05, 0.1) is 34.1 Å². The summed E-state index contributed by atoms with van der Waals surface area (Å²) in [5.74, 6) is -1.55. The highest BCUT2D eigenvalue weighted by Crippen LogP contribution is 2.20. The number of carboxylic acid groups (broad SMARTS) is 1. The van der Waals surface area contributed by atoms with Crippen molar-refractivity contribution >= 4 is 46.7 Å². The fourth-order valence-corrected chi connectivity index (χ4v) is 5.60. The topological polar surface area (TPSA) is 163 Å². The van der Waals surface area contributed by atoms with Crippen LogP contribution in [-0.2, 0) is 33.9 Å². The molecule has 3 atom stereocenters. The number of thiazole rings is 2. The Balaban J connectivity index is 1.55. The van der Waals surface area contributed by atoms with Gasteiger partial charge in [-0.3, -0.25) is 14.6 Å². The highest BCUT2D eigenvalue weighted by atomic mass is 32.1. The zero-order valence-electron chi connectivity index (χ0n) is 25.3. The lowest BCUT2D eigenvalue weighted by Gasteiger charge is -2.24. The van der Waals surface area contributed by atoms with E-state index in [4.69, 9.17) is 4.74 Å². The molecule has 0 fully saturated rings. The van der Waals surface area contributed by atoms with E-state index in [2.05, 4.69) is 25.9 Å². The van der Waals surface area contributed by atoms with E-state index in [1.54, 1.807) is 25.7 Å². The number of nitrogens with one attached hydrogen (secondary N) is 3. The van der Waals surface area contributed by atoms with Crippen LogP contribution in [0.4, 0.5) is 9.59 Å². The maximum absolute atomic E-state index is 13.1. The minimum Gasteiger partial charge on any atom is -0.481 e. The van der Waals surface area contributed by atoms with E-state index in [-0.39, 0.29) is 31.2 Å². The Labute approximate surface area is 265 Å². The van der Waals surface area contributed by atoms with Gasteiger partial charge in [0.1, 0.15) is 12.6 Å². The molecule has 44 heavy (non-hydrogen) atoms. The number of amides is 4. The van der Waals surface area contributed by atoms with Crippen LogP contribution in [0.15, 0.2) is 47.4 Å².